The van der Waals surface area contributed by atoms with E-state index < -0.39 is 6.04 Å². The lowest BCUT2D eigenvalue weighted by atomic mass is 10.0. The minimum Gasteiger partial charge on any atom is -0.493 e. The number of halogens is 1. The van der Waals surface area contributed by atoms with Crippen molar-refractivity contribution in [2.45, 2.75) is 45.4 Å². The quantitative estimate of drug-likeness (QED) is 0.291. The van der Waals surface area contributed by atoms with E-state index in [0.717, 1.165) is 0 Å². The average molecular weight is 537 g/mol. The molecule has 1 atom stereocenters. The SMILES string of the molecule is COc1ccc(CC(=O)N(Cc2ccc(F)cc2)[C@@H](C(=O)NCCCOC(C)C)c2ccccc2)cc1OC. The number of ether oxygens (including phenoxy) is 3. The number of carbonyl (C=O) groups is 2. The standard InChI is InChI=1S/C31H37FN2O5/c1-22(2)39-18-8-17-33-31(36)30(25-9-6-5-7-10-25)34(21-23-11-14-26(32)15-12-23)29(35)20-24-13-16-27(37-3)28(19-24)38-4/h5-7,9-16,19,22,30H,8,17-18,20-21H2,1-4H3,(H,33,36)/t30-/m1/s1. The highest BCUT2D eigenvalue weighted by atomic mass is 19.1. The molecule has 0 bridgehead atoms. The highest BCUT2D eigenvalue weighted by molar-refractivity contribution is 5.89. The molecule has 0 aliphatic carbocycles. The molecule has 39 heavy (non-hydrogen) atoms. The molecule has 1 N–H and O–H groups in total. The van der Waals surface area contributed by atoms with Gasteiger partial charge >= 0.3 is 0 Å². The lowest BCUT2D eigenvalue weighted by molar-refractivity contribution is -0.141. The van der Waals surface area contributed by atoms with Crippen LogP contribution in [0.3, 0.4) is 0 Å². The van der Waals surface area contributed by atoms with Crippen LogP contribution in [0.25, 0.3) is 0 Å². The molecule has 0 radical (unpaired) electrons. The molecule has 3 aromatic rings. The number of carbonyl (C=O) groups excluding carboxylic acids is 2. The van der Waals surface area contributed by atoms with Crippen LogP contribution >= 0.6 is 0 Å². The summed E-state index contributed by atoms with van der Waals surface area (Å²) in [5.41, 5.74) is 2.09. The Morgan fingerprint density at radius 1 is 0.897 bits per heavy atom. The molecule has 0 spiro atoms. The summed E-state index contributed by atoms with van der Waals surface area (Å²) < 4.78 is 29.9. The molecule has 3 aromatic carbocycles. The van der Waals surface area contributed by atoms with Gasteiger partial charge in [-0.15, -0.1) is 0 Å². The van der Waals surface area contributed by atoms with E-state index in [0.29, 0.717) is 47.8 Å². The van der Waals surface area contributed by atoms with Crippen LogP contribution < -0.4 is 14.8 Å². The van der Waals surface area contributed by atoms with E-state index in [1.54, 1.807) is 42.3 Å². The van der Waals surface area contributed by atoms with Crippen LogP contribution in [0.2, 0.25) is 0 Å². The smallest absolute Gasteiger partial charge is 0.247 e. The van der Waals surface area contributed by atoms with E-state index in [2.05, 4.69) is 5.32 Å². The van der Waals surface area contributed by atoms with Crippen molar-refractivity contribution in [2.75, 3.05) is 27.4 Å². The summed E-state index contributed by atoms with van der Waals surface area (Å²) in [4.78, 5) is 29.1. The van der Waals surface area contributed by atoms with E-state index in [4.69, 9.17) is 14.2 Å². The highest BCUT2D eigenvalue weighted by Crippen LogP contribution is 2.29. The first kappa shape index (κ1) is 29.6. The van der Waals surface area contributed by atoms with Crippen LogP contribution in [0.15, 0.2) is 72.8 Å². The van der Waals surface area contributed by atoms with Gasteiger partial charge in [0, 0.05) is 19.7 Å². The maximum Gasteiger partial charge on any atom is 0.247 e. The third kappa shape index (κ3) is 8.82. The number of methoxy groups -OCH3 is 2. The van der Waals surface area contributed by atoms with Crippen LogP contribution in [0, 0.1) is 5.82 Å². The van der Waals surface area contributed by atoms with Gasteiger partial charge in [0.15, 0.2) is 11.5 Å². The molecular weight excluding hydrogens is 499 g/mol. The molecule has 0 aliphatic rings. The largest absolute Gasteiger partial charge is 0.493 e. The molecule has 0 aliphatic heterocycles. The third-order valence-corrected chi connectivity index (χ3v) is 6.14. The van der Waals surface area contributed by atoms with Crippen molar-refractivity contribution in [1.82, 2.24) is 10.2 Å². The zero-order valence-electron chi connectivity index (χ0n) is 23.0. The van der Waals surface area contributed by atoms with Gasteiger partial charge in [-0.2, -0.15) is 0 Å². The molecule has 0 saturated heterocycles. The minimum absolute atomic E-state index is 0.0282. The van der Waals surface area contributed by atoms with Crippen molar-refractivity contribution in [3.05, 3.63) is 95.3 Å². The summed E-state index contributed by atoms with van der Waals surface area (Å²) >= 11 is 0. The van der Waals surface area contributed by atoms with Gasteiger partial charge in [-0.3, -0.25) is 9.59 Å². The molecule has 7 nitrogen and oxygen atoms in total. The van der Waals surface area contributed by atoms with Crippen LogP contribution in [0.4, 0.5) is 4.39 Å². The van der Waals surface area contributed by atoms with Gasteiger partial charge in [0.25, 0.3) is 0 Å². The van der Waals surface area contributed by atoms with Gasteiger partial charge in [0.1, 0.15) is 11.9 Å². The van der Waals surface area contributed by atoms with E-state index in [1.807, 2.05) is 44.2 Å². The van der Waals surface area contributed by atoms with Gasteiger partial charge in [0.05, 0.1) is 26.7 Å². The fourth-order valence-electron chi connectivity index (χ4n) is 4.18. The number of nitrogens with zero attached hydrogens (tertiary/aromatic N) is 1. The second kappa shape index (κ2) is 14.9. The molecule has 0 aromatic heterocycles. The Labute approximate surface area is 229 Å². The highest BCUT2D eigenvalue weighted by Gasteiger charge is 2.31. The first-order chi connectivity index (χ1) is 18.8. The van der Waals surface area contributed by atoms with Crippen molar-refractivity contribution in [3.8, 4) is 11.5 Å². The van der Waals surface area contributed by atoms with E-state index in [-0.39, 0.29) is 36.7 Å². The Morgan fingerprint density at radius 3 is 2.21 bits per heavy atom. The second-order valence-electron chi connectivity index (χ2n) is 9.39. The predicted octanol–water partition coefficient (Wildman–Crippen LogP) is 5.09. The maximum absolute atomic E-state index is 13.9. The molecular formula is C31H37FN2O5. The topological polar surface area (TPSA) is 77.1 Å². The molecule has 0 saturated carbocycles. The Morgan fingerprint density at radius 2 is 1.56 bits per heavy atom. The van der Waals surface area contributed by atoms with E-state index in [9.17, 15) is 14.0 Å². The van der Waals surface area contributed by atoms with Crippen LogP contribution in [0.1, 0.15) is 43.0 Å². The number of amides is 2. The molecule has 0 heterocycles. The summed E-state index contributed by atoms with van der Waals surface area (Å²) in [6.45, 7) is 4.97. The van der Waals surface area contributed by atoms with Crippen molar-refractivity contribution >= 4 is 11.8 Å². The Hall–Kier alpha value is -3.91. The summed E-state index contributed by atoms with van der Waals surface area (Å²) in [6.07, 6.45) is 0.779. The lowest BCUT2D eigenvalue weighted by Crippen LogP contribution is -2.44. The Kier molecular flexibility index (Phi) is 11.3. The fourth-order valence-corrected chi connectivity index (χ4v) is 4.18. The lowest BCUT2D eigenvalue weighted by Gasteiger charge is -2.32. The summed E-state index contributed by atoms with van der Waals surface area (Å²) in [5.74, 6) is 0.129. The molecule has 208 valence electrons. The monoisotopic (exact) mass is 536 g/mol. The van der Waals surface area contributed by atoms with E-state index >= 15 is 0 Å². The predicted molar refractivity (Wildman–Crippen MR) is 148 cm³/mol. The van der Waals surface area contributed by atoms with Crippen LogP contribution in [0.5, 0.6) is 11.5 Å². The zero-order valence-corrected chi connectivity index (χ0v) is 23.0. The molecule has 0 unspecified atom stereocenters. The normalized spacial score (nSPS) is 11.6. The van der Waals surface area contributed by atoms with Gasteiger partial charge in [0.2, 0.25) is 11.8 Å². The number of hydrogen-bond acceptors (Lipinski definition) is 5. The van der Waals surface area contributed by atoms with Gasteiger partial charge in [-0.1, -0.05) is 48.5 Å². The first-order valence-electron chi connectivity index (χ1n) is 13.0. The second-order valence-corrected chi connectivity index (χ2v) is 9.39. The van der Waals surface area contributed by atoms with Crippen molar-refractivity contribution in [1.29, 1.82) is 0 Å². The Balaban J connectivity index is 1.92. The zero-order chi connectivity index (χ0) is 28.2. The first-order valence-corrected chi connectivity index (χ1v) is 13.0. The Bertz CT molecular complexity index is 1200. The van der Waals surface area contributed by atoms with Crippen molar-refractivity contribution in [2.24, 2.45) is 0 Å². The molecule has 0 fully saturated rings. The number of benzene rings is 3. The van der Waals surface area contributed by atoms with Crippen LogP contribution in [-0.2, 0) is 27.3 Å². The molecule has 2 amide bonds. The van der Waals surface area contributed by atoms with Gasteiger partial charge in [-0.05, 0) is 61.2 Å². The van der Waals surface area contributed by atoms with E-state index in [1.165, 1.54) is 19.2 Å². The van der Waals surface area contributed by atoms with Gasteiger partial charge < -0.3 is 24.4 Å². The maximum atomic E-state index is 13.9. The third-order valence-electron chi connectivity index (χ3n) is 6.14. The number of nitrogens with one attached hydrogen (secondary N) is 1. The molecule has 8 heteroatoms. The number of hydrogen-bond donors (Lipinski definition) is 1. The molecule has 3 rings (SSSR count). The minimum atomic E-state index is -0.894. The summed E-state index contributed by atoms with van der Waals surface area (Å²) in [7, 11) is 3.08. The fraction of sp³-hybridized carbons (Fsp3) is 0.355. The average Bonchev–Trinajstić information content (AvgIpc) is 2.93. The van der Waals surface area contributed by atoms with Crippen molar-refractivity contribution in [3.63, 3.8) is 0 Å². The van der Waals surface area contributed by atoms with Crippen molar-refractivity contribution < 1.29 is 28.2 Å². The summed E-state index contributed by atoms with van der Waals surface area (Å²) in [6, 6.07) is 19.5. The van der Waals surface area contributed by atoms with Gasteiger partial charge in [-0.25, -0.2) is 4.39 Å². The number of rotatable bonds is 14. The summed E-state index contributed by atoms with van der Waals surface area (Å²) in [5, 5.41) is 2.97. The van der Waals surface area contributed by atoms with Crippen LogP contribution in [-0.4, -0.2) is 50.2 Å².